The first-order valence-electron chi connectivity index (χ1n) is 4.27. The number of carbonyl (C=O) groups excluding carboxylic acids is 1. The minimum absolute atomic E-state index is 0.0135. The number of non-ortho nitro benzene ring substituents is 1. The Balaban J connectivity index is 2.79. The molecule has 0 saturated heterocycles. The van der Waals surface area contributed by atoms with E-state index in [2.05, 4.69) is 4.79 Å². The van der Waals surface area contributed by atoms with Crippen LogP contribution >= 0.6 is 0 Å². The van der Waals surface area contributed by atoms with Gasteiger partial charge in [0.05, 0.1) is 4.92 Å². The van der Waals surface area contributed by atoms with Gasteiger partial charge in [0.1, 0.15) is 0 Å². The molecule has 0 atom stereocenters. The minimum Gasteiger partial charge on any atom is -0.361 e. The van der Waals surface area contributed by atoms with Gasteiger partial charge in [-0.25, -0.2) is 0 Å². The number of hydrogen-bond donors (Lipinski definition) is 0. The predicted octanol–water partition coefficient (Wildman–Crippen LogP) is 1.48. The molecule has 0 amide bonds. The Morgan fingerprint density at radius 3 is 2.50 bits per heavy atom. The van der Waals surface area contributed by atoms with E-state index in [4.69, 9.17) is 5.53 Å². The summed E-state index contributed by atoms with van der Waals surface area (Å²) in [4.78, 5) is 23.3. The van der Waals surface area contributed by atoms with Gasteiger partial charge in [-0.3, -0.25) is 14.9 Å². The molecular formula is C10H7N3O3. The number of ketones is 1. The molecule has 0 radical (unpaired) electrons. The Labute approximate surface area is 90.6 Å². The van der Waals surface area contributed by atoms with Crippen molar-refractivity contribution in [3.63, 3.8) is 0 Å². The second-order valence-corrected chi connectivity index (χ2v) is 2.83. The zero-order valence-corrected chi connectivity index (χ0v) is 8.11. The highest BCUT2D eigenvalue weighted by molar-refractivity contribution is 6.31. The molecule has 1 aromatic rings. The largest absolute Gasteiger partial charge is 0.361 e. The van der Waals surface area contributed by atoms with E-state index in [0.29, 0.717) is 5.56 Å². The maximum atomic E-state index is 10.9. The van der Waals surface area contributed by atoms with Crippen molar-refractivity contribution in [2.24, 2.45) is 0 Å². The van der Waals surface area contributed by atoms with Crippen LogP contribution in [0.3, 0.4) is 0 Å². The van der Waals surface area contributed by atoms with E-state index < -0.39 is 10.7 Å². The number of nitro groups is 1. The molecule has 0 spiro atoms. The third-order valence-electron chi connectivity index (χ3n) is 1.73. The zero-order valence-electron chi connectivity index (χ0n) is 8.11. The molecule has 0 aromatic heterocycles. The summed E-state index contributed by atoms with van der Waals surface area (Å²) in [6, 6.07) is 5.70. The maximum Gasteiger partial charge on any atom is 0.327 e. The summed E-state index contributed by atoms with van der Waals surface area (Å²) >= 11 is 0. The van der Waals surface area contributed by atoms with Crippen LogP contribution in [0, 0.1) is 10.1 Å². The molecule has 0 saturated carbocycles. The number of nitro benzene ring substituents is 1. The number of rotatable bonds is 4. The third kappa shape index (κ3) is 3.28. The van der Waals surface area contributed by atoms with Crippen LogP contribution in [0.4, 0.5) is 5.69 Å². The van der Waals surface area contributed by atoms with Crippen molar-refractivity contribution in [1.82, 2.24) is 0 Å². The van der Waals surface area contributed by atoms with Crippen LogP contribution in [0.5, 0.6) is 0 Å². The molecule has 6 heteroatoms. The maximum absolute atomic E-state index is 10.9. The monoisotopic (exact) mass is 217 g/mol. The topological polar surface area (TPSA) is 96.6 Å². The Morgan fingerprint density at radius 2 is 2.00 bits per heavy atom. The molecule has 0 aliphatic carbocycles. The van der Waals surface area contributed by atoms with Gasteiger partial charge in [0.25, 0.3) is 11.5 Å². The molecule has 1 aromatic carbocycles. The number of carbonyl (C=O) groups is 1. The van der Waals surface area contributed by atoms with Gasteiger partial charge < -0.3 is 5.53 Å². The molecule has 0 aliphatic rings. The van der Waals surface area contributed by atoms with E-state index >= 15 is 0 Å². The van der Waals surface area contributed by atoms with Gasteiger partial charge in [-0.1, -0.05) is 6.08 Å². The molecule has 6 nitrogen and oxygen atoms in total. The van der Waals surface area contributed by atoms with Gasteiger partial charge >= 0.3 is 6.21 Å². The number of allylic oxidation sites excluding steroid dienone is 1. The lowest BCUT2D eigenvalue weighted by Gasteiger charge is -1.92. The third-order valence-corrected chi connectivity index (χ3v) is 1.73. The van der Waals surface area contributed by atoms with Gasteiger partial charge in [0.15, 0.2) is 0 Å². The summed E-state index contributed by atoms with van der Waals surface area (Å²) in [5, 5.41) is 10.4. The van der Waals surface area contributed by atoms with E-state index in [1.165, 1.54) is 36.4 Å². The summed E-state index contributed by atoms with van der Waals surface area (Å²) in [6.07, 6.45) is 3.41. The molecule has 0 heterocycles. The molecular weight excluding hydrogens is 210 g/mol. The molecule has 80 valence electrons. The van der Waals surface area contributed by atoms with Crippen LogP contribution in [-0.4, -0.2) is 21.7 Å². The standard InChI is InChI=1S/C10H7N3O3/c11-12-7-10(14)6-3-8-1-4-9(5-2-8)13(15)16/h1-7H/b6-3+. The first kappa shape index (κ1) is 11.5. The fraction of sp³-hybridized carbons (Fsp3) is 0. The lowest BCUT2D eigenvalue weighted by atomic mass is 10.2. The quantitative estimate of drug-likeness (QED) is 0.191. The summed E-state index contributed by atoms with van der Waals surface area (Å²) in [5.41, 5.74) is 8.70. The molecule has 0 aliphatic heterocycles. The van der Waals surface area contributed by atoms with Crippen molar-refractivity contribution in [3.05, 3.63) is 51.6 Å². The average Bonchev–Trinajstić information content (AvgIpc) is 2.27. The van der Waals surface area contributed by atoms with Crippen LogP contribution in [0.2, 0.25) is 0 Å². The second-order valence-electron chi connectivity index (χ2n) is 2.83. The van der Waals surface area contributed by atoms with Crippen LogP contribution in [0.15, 0.2) is 30.3 Å². The van der Waals surface area contributed by atoms with E-state index in [1.807, 2.05) is 0 Å². The molecule has 0 bridgehead atoms. The number of benzene rings is 1. The summed E-state index contributed by atoms with van der Waals surface area (Å²) in [5.74, 6) is -0.471. The SMILES string of the molecule is [N-]=[N+]=CC(=O)/C=C/c1ccc([N+](=O)[O-])cc1. The molecule has 1 rings (SSSR count). The van der Waals surface area contributed by atoms with Gasteiger partial charge in [-0.15, -0.1) is 0 Å². The molecule has 0 N–H and O–H groups in total. The van der Waals surface area contributed by atoms with Gasteiger partial charge in [-0.2, -0.15) is 4.79 Å². The number of hydrogen-bond acceptors (Lipinski definition) is 3. The Bertz CT molecular complexity index is 485. The normalized spacial score (nSPS) is 9.75. The van der Waals surface area contributed by atoms with E-state index in [-0.39, 0.29) is 5.69 Å². The van der Waals surface area contributed by atoms with Crippen LogP contribution in [-0.2, 0) is 4.79 Å². The van der Waals surface area contributed by atoms with Gasteiger partial charge in [0, 0.05) is 12.1 Å². The first-order chi connectivity index (χ1) is 7.63. The Hall–Kier alpha value is -2.59. The lowest BCUT2D eigenvalue weighted by Crippen LogP contribution is -1.93. The van der Waals surface area contributed by atoms with Crippen molar-refractivity contribution in [3.8, 4) is 0 Å². The van der Waals surface area contributed by atoms with Gasteiger partial charge in [-0.05, 0) is 23.8 Å². The second kappa shape index (κ2) is 5.33. The van der Waals surface area contributed by atoms with Crippen LogP contribution in [0.1, 0.15) is 5.56 Å². The van der Waals surface area contributed by atoms with Crippen molar-refractivity contribution in [2.75, 3.05) is 0 Å². The van der Waals surface area contributed by atoms with Crippen molar-refractivity contribution >= 4 is 23.8 Å². The Morgan fingerprint density at radius 1 is 1.38 bits per heavy atom. The van der Waals surface area contributed by atoms with Crippen molar-refractivity contribution in [2.45, 2.75) is 0 Å². The lowest BCUT2D eigenvalue weighted by molar-refractivity contribution is -0.384. The summed E-state index contributed by atoms with van der Waals surface area (Å²) in [6.45, 7) is 0. The summed E-state index contributed by atoms with van der Waals surface area (Å²) < 4.78 is 0. The minimum atomic E-state index is -0.503. The molecule has 16 heavy (non-hydrogen) atoms. The van der Waals surface area contributed by atoms with Crippen LogP contribution in [0.25, 0.3) is 11.6 Å². The first-order valence-corrected chi connectivity index (χ1v) is 4.27. The predicted molar refractivity (Wildman–Crippen MR) is 56.8 cm³/mol. The number of nitrogens with zero attached hydrogens (tertiary/aromatic N) is 3. The highest BCUT2D eigenvalue weighted by Crippen LogP contribution is 2.12. The molecule has 0 unspecified atom stereocenters. The Kier molecular flexibility index (Phi) is 3.83. The highest BCUT2D eigenvalue weighted by Gasteiger charge is 2.02. The van der Waals surface area contributed by atoms with E-state index in [1.54, 1.807) is 0 Å². The average molecular weight is 217 g/mol. The van der Waals surface area contributed by atoms with Crippen LogP contribution < -0.4 is 0 Å². The summed E-state index contributed by atoms with van der Waals surface area (Å²) in [7, 11) is 0. The van der Waals surface area contributed by atoms with Crippen molar-refractivity contribution in [1.29, 1.82) is 0 Å². The fourth-order valence-corrected chi connectivity index (χ4v) is 0.985. The van der Waals surface area contributed by atoms with E-state index in [9.17, 15) is 14.9 Å². The molecule has 0 fully saturated rings. The highest BCUT2D eigenvalue weighted by atomic mass is 16.6. The zero-order chi connectivity index (χ0) is 12.0. The van der Waals surface area contributed by atoms with E-state index in [0.717, 1.165) is 6.21 Å². The van der Waals surface area contributed by atoms with Crippen molar-refractivity contribution < 1.29 is 14.5 Å². The fourth-order valence-electron chi connectivity index (χ4n) is 0.985. The smallest absolute Gasteiger partial charge is 0.327 e. The van der Waals surface area contributed by atoms with Gasteiger partial charge in [0.2, 0.25) is 0 Å².